The molecule has 0 spiro atoms. The number of benzene rings is 1. The molecule has 0 unspecified atom stereocenters. The number of aliphatic carboxylic acids is 1. The van der Waals surface area contributed by atoms with Gasteiger partial charge in [0.1, 0.15) is 11.8 Å². The number of H-pyrrole nitrogens is 1. The number of aromatic amines is 1. The molecule has 3 N–H and O–H groups in total. The maximum atomic E-state index is 11.4. The van der Waals surface area contributed by atoms with Gasteiger partial charge >= 0.3 is 5.97 Å². The fourth-order valence-corrected chi connectivity index (χ4v) is 4.73. The van der Waals surface area contributed by atoms with Crippen LogP contribution in [0.3, 0.4) is 0 Å². The number of carbonyl (C=O) groups is 1. The lowest BCUT2D eigenvalue weighted by Gasteiger charge is -2.41. The third-order valence-electron chi connectivity index (χ3n) is 6.30. The lowest BCUT2D eigenvalue weighted by Crippen LogP contribution is -2.50. The first-order valence-corrected chi connectivity index (χ1v) is 10.3. The van der Waals surface area contributed by atoms with Crippen molar-refractivity contribution in [1.29, 1.82) is 0 Å². The molecule has 1 aliphatic heterocycles. The van der Waals surface area contributed by atoms with E-state index in [1.54, 1.807) is 0 Å². The maximum absolute atomic E-state index is 11.4. The van der Waals surface area contributed by atoms with Gasteiger partial charge in [-0.3, -0.25) is 4.79 Å². The summed E-state index contributed by atoms with van der Waals surface area (Å²) in [6.07, 6.45) is 7.49. The molecule has 3 aromatic rings. The number of rotatable bonds is 5. The Balaban J connectivity index is 0.00000231. The van der Waals surface area contributed by atoms with Crippen LogP contribution in [0.1, 0.15) is 25.7 Å². The van der Waals surface area contributed by atoms with Crippen molar-refractivity contribution in [2.24, 2.45) is 11.8 Å². The predicted molar refractivity (Wildman–Crippen MR) is 115 cm³/mol. The van der Waals surface area contributed by atoms with Gasteiger partial charge in [-0.25, -0.2) is 0 Å². The number of hydrogen-bond donors (Lipinski definition) is 3. The Morgan fingerprint density at radius 3 is 2.74 bits per heavy atom. The molecule has 2 aromatic heterocycles. The molecule has 10 heteroatoms. The minimum absolute atomic E-state index is 0. The lowest BCUT2D eigenvalue weighted by atomic mass is 9.72. The molecule has 2 aliphatic rings. The average Bonchev–Trinajstić information content (AvgIpc) is 3.47. The molecule has 4 atom stereocenters. The van der Waals surface area contributed by atoms with Crippen LogP contribution in [0.2, 0.25) is 0 Å². The van der Waals surface area contributed by atoms with E-state index in [2.05, 4.69) is 25.9 Å². The summed E-state index contributed by atoms with van der Waals surface area (Å²) >= 11 is 0. The van der Waals surface area contributed by atoms with E-state index in [1.807, 2.05) is 47.3 Å². The van der Waals surface area contributed by atoms with Crippen LogP contribution in [0.15, 0.2) is 42.7 Å². The maximum Gasteiger partial charge on any atom is 0.320 e. The van der Waals surface area contributed by atoms with Gasteiger partial charge in [0.15, 0.2) is 0 Å². The summed E-state index contributed by atoms with van der Waals surface area (Å²) in [4.78, 5) is 11.4. The van der Waals surface area contributed by atoms with E-state index >= 15 is 0 Å². The number of carboxylic acids is 1. The van der Waals surface area contributed by atoms with Crippen molar-refractivity contribution in [3.05, 3.63) is 42.7 Å². The van der Waals surface area contributed by atoms with Crippen LogP contribution in [0.25, 0.3) is 17.1 Å². The molecule has 1 saturated carbocycles. The molecule has 2 fully saturated rings. The van der Waals surface area contributed by atoms with Crippen molar-refractivity contribution in [2.45, 2.75) is 37.8 Å². The standard InChI is InChI=1S/C21H24N6O3.ClH/c28-21(29)18-10-14-9-16(5-3-13(14)12-22-18)30-19-11-15(27-7-1-2-8-27)4-6-17(19)20-23-25-26-24-20;/h1-2,4,6-8,11,13-14,16,18,22H,3,5,9-10,12H2,(H,28,29)(H,23,24,25,26);1H/t13-,14-,16-,18-;/m0./s1. The highest BCUT2D eigenvalue weighted by atomic mass is 35.5. The van der Waals surface area contributed by atoms with Gasteiger partial charge in [0.05, 0.1) is 11.7 Å². The van der Waals surface area contributed by atoms with Gasteiger partial charge in [0.25, 0.3) is 0 Å². The number of halogens is 1. The molecular weight excluding hydrogens is 420 g/mol. The van der Waals surface area contributed by atoms with Crippen molar-refractivity contribution in [2.75, 3.05) is 6.54 Å². The first-order chi connectivity index (χ1) is 14.7. The number of aromatic nitrogens is 5. The molecule has 9 nitrogen and oxygen atoms in total. The number of hydrogen-bond acceptors (Lipinski definition) is 6. The molecule has 5 rings (SSSR count). The van der Waals surface area contributed by atoms with Crippen molar-refractivity contribution in [1.82, 2.24) is 30.5 Å². The third-order valence-corrected chi connectivity index (χ3v) is 6.30. The van der Waals surface area contributed by atoms with Crippen LogP contribution < -0.4 is 10.1 Å². The van der Waals surface area contributed by atoms with E-state index in [0.717, 1.165) is 42.8 Å². The van der Waals surface area contributed by atoms with Crippen molar-refractivity contribution < 1.29 is 14.6 Å². The fourth-order valence-electron chi connectivity index (χ4n) is 4.73. The summed E-state index contributed by atoms with van der Waals surface area (Å²) in [5.41, 5.74) is 1.78. The van der Waals surface area contributed by atoms with E-state index in [0.29, 0.717) is 24.1 Å². The smallest absolute Gasteiger partial charge is 0.320 e. The zero-order valence-corrected chi connectivity index (χ0v) is 17.7. The van der Waals surface area contributed by atoms with E-state index in [9.17, 15) is 9.90 Å². The Morgan fingerprint density at radius 2 is 2.00 bits per heavy atom. The largest absolute Gasteiger partial charge is 0.490 e. The van der Waals surface area contributed by atoms with Crippen molar-refractivity contribution in [3.8, 4) is 22.8 Å². The number of piperidine rings is 1. The second-order valence-electron chi connectivity index (χ2n) is 8.11. The van der Waals surface area contributed by atoms with E-state index < -0.39 is 12.0 Å². The topological polar surface area (TPSA) is 118 Å². The fraction of sp³-hybridized carbons (Fsp3) is 0.429. The highest BCUT2D eigenvalue weighted by Gasteiger charge is 2.38. The predicted octanol–water partition coefficient (Wildman–Crippen LogP) is 2.69. The summed E-state index contributed by atoms with van der Waals surface area (Å²) in [6.45, 7) is 0.769. The van der Waals surface area contributed by atoms with Gasteiger partial charge in [-0.2, -0.15) is 5.21 Å². The molecule has 164 valence electrons. The zero-order chi connectivity index (χ0) is 20.5. The van der Waals surface area contributed by atoms with Crippen LogP contribution >= 0.6 is 12.4 Å². The van der Waals surface area contributed by atoms with Gasteiger partial charge in [-0.05, 0) is 73.5 Å². The first kappa shape index (κ1) is 21.3. The molecule has 1 saturated heterocycles. The summed E-state index contributed by atoms with van der Waals surface area (Å²) in [6, 6.07) is 9.44. The van der Waals surface area contributed by atoms with Crippen LogP contribution in [-0.4, -0.2) is 55.0 Å². The number of nitrogens with zero attached hydrogens (tertiary/aromatic N) is 4. The third kappa shape index (κ3) is 4.42. The van der Waals surface area contributed by atoms with Gasteiger partial charge < -0.3 is 19.7 Å². The van der Waals surface area contributed by atoms with E-state index in [-0.39, 0.29) is 18.5 Å². The summed E-state index contributed by atoms with van der Waals surface area (Å²) in [7, 11) is 0. The minimum atomic E-state index is -0.768. The molecule has 0 radical (unpaired) electrons. The molecule has 3 heterocycles. The van der Waals surface area contributed by atoms with Crippen LogP contribution in [-0.2, 0) is 4.79 Å². The number of ether oxygens (including phenoxy) is 1. The lowest BCUT2D eigenvalue weighted by molar-refractivity contribution is -0.141. The van der Waals surface area contributed by atoms with Crippen LogP contribution in [0, 0.1) is 11.8 Å². The van der Waals surface area contributed by atoms with E-state index in [4.69, 9.17) is 4.74 Å². The average molecular weight is 445 g/mol. The Morgan fingerprint density at radius 1 is 1.16 bits per heavy atom. The molecular formula is C21H25ClN6O3. The summed E-state index contributed by atoms with van der Waals surface area (Å²) in [5, 5.41) is 27.0. The van der Waals surface area contributed by atoms with Crippen molar-refractivity contribution in [3.63, 3.8) is 0 Å². The summed E-state index contributed by atoms with van der Waals surface area (Å²) in [5.74, 6) is 1.31. The minimum Gasteiger partial charge on any atom is -0.490 e. The molecule has 0 bridgehead atoms. The second kappa shape index (κ2) is 9.07. The Kier molecular flexibility index (Phi) is 6.24. The van der Waals surface area contributed by atoms with Gasteiger partial charge in [0, 0.05) is 24.1 Å². The van der Waals surface area contributed by atoms with Gasteiger partial charge in [0.2, 0.25) is 5.82 Å². The van der Waals surface area contributed by atoms with Gasteiger partial charge in [-0.15, -0.1) is 22.6 Å². The Hall–Kier alpha value is -2.91. The van der Waals surface area contributed by atoms with Crippen molar-refractivity contribution >= 4 is 18.4 Å². The van der Waals surface area contributed by atoms with Crippen LogP contribution in [0.4, 0.5) is 0 Å². The number of carboxylic acid groups (broad SMARTS) is 1. The SMILES string of the molecule is Cl.O=C(O)[C@@H]1C[C@@H]2C[C@@H](Oc3cc(-n4cccc4)ccc3-c3nn[nH]n3)CC[C@H]2CN1. The number of fused-ring (bicyclic) bond motifs is 1. The summed E-state index contributed by atoms with van der Waals surface area (Å²) < 4.78 is 8.51. The molecule has 1 aliphatic carbocycles. The normalized spacial score (nSPS) is 25.3. The van der Waals surface area contributed by atoms with Crippen LogP contribution in [0.5, 0.6) is 5.75 Å². The highest BCUT2D eigenvalue weighted by molar-refractivity contribution is 5.85. The molecule has 31 heavy (non-hydrogen) atoms. The number of tetrazole rings is 1. The zero-order valence-electron chi connectivity index (χ0n) is 16.8. The molecule has 1 aromatic carbocycles. The second-order valence-corrected chi connectivity index (χ2v) is 8.11. The monoisotopic (exact) mass is 444 g/mol. The van der Waals surface area contributed by atoms with Gasteiger partial charge in [-0.1, -0.05) is 0 Å². The highest BCUT2D eigenvalue weighted by Crippen LogP contribution is 2.39. The Labute approximate surface area is 185 Å². The van der Waals surface area contributed by atoms with E-state index in [1.165, 1.54) is 0 Å². The number of nitrogens with one attached hydrogen (secondary N) is 2. The quantitative estimate of drug-likeness (QED) is 0.553. The molecule has 0 amide bonds. The Bertz CT molecular complexity index is 1010. The first-order valence-electron chi connectivity index (χ1n) is 10.3.